The molecule has 0 fully saturated rings. The van der Waals surface area contributed by atoms with E-state index in [1.807, 2.05) is 17.9 Å². The molecule has 2 N–H and O–H groups in total. The molecule has 1 amide bonds. The highest BCUT2D eigenvalue weighted by atomic mass is 19.1. The molecule has 1 heterocycles. The summed E-state index contributed by atoms with van der Waals surface area (Å²) in [6.07, 6.45) is 0. The van der Waals surface area contributed by atoms with Crippen LogP contribution in [0.15, 0.2) is 47.3 Å². The van der Waals surface area contributed by atoms with Gasteiger partial charge in [0.05, 0.1) is 29.2 Å². The van der Waals surface area contributed by atoms with E-state index in [0.717, 1.165) is 5.56 Å². The summed E-state index contributed by atoms with van der Waals surface area (Å²) in [5.74, 6) is -0.316. The van der Waals surface area contributed by atoms with E-state index in [1.165, 1.54) is 6.07 Å². The van der Waals surface area contributed by atoms with Gasteiger partial charge >= 0.3 is 0 Å². The number of aryl methyl sites for hydroxylation is 1. The Kier molecular flexibility index (Phi) is 5.84. The number of amides is 1. The number of halogens is 1. The van der Waals surface area contributed by atoms with Crippen molar-refractivity contribution in [1.29, 1.82) is 0 Å². The van der Waals surface area contributed by atoms with Crippen molar-refractivity contribution >= 4 is 22.5 Å². The highest BCUT2D eigenvalue weighted by Crippen LogP contribution is 2.17. The van der Waals surface area contributed by atoms with Gasteiger partial charge in [-0.3, -0.25) is 14.5 Å². The highest BCUT2D eigenvalue weighted by molar-refractivity contribution is 5.94. The number of aromatic nitrogens is 2. The van der Waals surface area contributed by atoms with E-state index in [2.05, 4.69) is 15.3 Å². The van der Waals surface area contributed by atoms with Gasteiger partial charge in [0.15, 0.2) is 0 Å². The van der Waals surface area contributed by atoms with Crippen LogP contribution in [-0.2, 0) is 11.3 Å². The monoisotopic (exact) mass is 382 g/mol. The maximum Gasteiger partial charge on any atom is 0.258 e. The SMILES string of the molecule is CCN(Cc1nc2ccccc2c(=O)[nH]1)C(C)C(=O)Nc1ccc(C)cc1F. The van der Waals surface area contributed by atoms with E-state index in [4.69, 9.17) is 0 Å². The van der Waals surface area contributed by atoms with Crippen LogP contribution in [0.1, 0.15) is 25.2 Å². The Hall–Kier alpha value is -3.06. The Labute approximate surface area is 162 Å². The summed E-state index contributed by atoms with van der Waals surface area (Å²) >= 11 is 0. The molecule has 0 spiro atoms. The average Bonchev–Trinajstić information content (AvgIpc) is 2.67. The molecule has 0 aliphatic carbocycles. The number of rotatable bonds is 6. The first-order valence-electron chi connectivity index (χ1n) is 9.18. The Morgan fingerprint density at radius 2 is 2.04 bits per heavy atom. The van der Waals surface area contributed by atoms with Crippen molar-refractivity contribution in [2.75, 3.05) is 11.9 Å². The number of carbonyl (C=O) groups excluding carboxylic acids is 1. The van der Waals surface area contributed by atoms with E-state index >= 15 is 0 Å². The van der Waals surface area contributed by atoms with Gasteiger partial charge in [0, 0.05) is 0 Å². The standard InChI is InChI=1S/C21H23FN4O2/c1-4-26(12-19-23-17-8-6-5-7-15(17)21(28)25-19)14(3)20(27)24-18-10-9-13(2)11-16(18)22/h5-11,14H,4,12H2,1-3H3,(H,24,27)(H,23,25,28). The van der Waals surface area contributed by atoms with E-state index < -0.39 is 11.9 Å². The van der Waals surface area contributed by atoms with Gasteiger partial charge in [0.1, 0.15) is 11.6 Å². The number of aromatic amines is 1. The lowest BCUT2D eigenvalue weighted by Crippen LogP contribution is -2.42. The lowest BCUT2D eigenvalue weighted by Gasteiger charge is -2.26. The van der Waals surface area contributed by atoms with Crippen LogP contribution in [0.2, 0.25) is 0 Å². The van der Waals surface area contributed by atoms with Gasteiger partial charge in [0.2, 0.25) is 5.91 Å². The number of para-hydroxylation sites is 1. The Balaban J connectivity index is 1.77. The van der Waals surface area contributed by atoms with Crippen LogP contribution in [0.3, 0.4) is 0 Å². The minimum Gasteiger partial charge on any atom is -0.322 e. The fourth-order valence-electron chi connectivity index (χ4n) is 3.05. The van der Waals surface area contributed by atoms with Gasteiger partial charge in [-0.2, -0.15) is 0 Å². The fraction of sp³-hybridized carbons (Fsp3) is 0.286. The molecule has 3 rings (SSSR count). The third-order valence-corrected chi connectivity index (χ3v) is 4.73. The summed E-state index contributed by atoms with van der Waals surface area (Å²) in [6.45, 7) is 6.29. The highest BCUT2D eigenvalue weighted by Gasteiger charge is 2.22. The molecule has 0 aliphatic heterocycles. The molecule has 0 aliphatic rings. The molecular formula is C21H23FN4O2. The molecule has 7 heteroatoms. The van der Waals surface area contributed by atoms with E-state index in [0.29, 0.717) is 29.8 Å². The predicted molar refractivity (Wildman–Crippen MR) is 108 cm³/mol. The number of hydrogen-bond donors (Lipinski definition) is 2. The number of fused-ring (bicyclic) bond motifs is 1. The number of hydrogen-bond acceptors (Lipinski definition) is 4. The molecule has 0 saturated carbocycles. The second kappa shape index (κ2) is 8.31. The zero-order chi connectivity index (χ0) is 20.3. The Bertz CT molecular complexity index is 1060. The number of H-pyrrole nitrogens is 1. The average molecular weight is 382 g/mol. The minimum atomic E-state index is -0.539. The van der Waals surface area contributed by atoms with Gasteiger partial charge in [-0.1, -0.05) is 25.1 Å². The van der Waals surface area contributed by atoms with Crippen molar-refractivity contribution in [1.82, 2.24) is 14.9 Å². The number of nitrogens with zero attached hydrogens (tertiary/aromatic N) is 2. The van der Waals surface area contributed by atoms with Crippen LogP contribution in [0.5, 0.6) is 0 Å². The molecule has 1 atom stereocenters. The van der Waals surface area contributed by atoms with E-state index in [1.54, 1.807) is 44.2 Å². The van der Waals surface area contributed by atoms with Crippen LogP contribution in [0, 0.1) is 12.7 Å². The maximum absolute atomic E-state index is 14.0. The molecule has 28 heavy (non-hydrogen) atoms. The van der Waals surface area contributed by atoms with Crippen LogP contribution in [0.4, 0.5) is 10.1 Å². The van der Waals surface area contributed by atoms with Crippen molar-refractivity contribution in [3.63, 3.8) is 0 Å². The molecule has 2 aromatic carbocycles. The summed E-state index contributed by atoms with van der Waals surface area (Å²) < 4.78 is 14.0. The lowest BCUT2D eigenvalue weighted by atomic mass is 10.2. The second-order valence-corrected chi connectivity index (χ2v) is 6.74. The summed E-state index contributed by atoms with van der Waals surface area (Å²) in [4.78, 5) is 34.0. The zero-order valence-corrected chi connectivity index (χ0v) is 16.1. The Morgan fingerprint density at radius 3 is 2.75 bits per heavy atom. The predicted octanol–water partition coefficient (Wildman–Crippen LogP) is 3.22. The Morgan fingerprint density at radius 1 is 1.29 bits per heavy atom. The topological polar surface area (TPSA) is 78.1 Å². The summed E-state index contributed by atoms with van der Waals surface area (Å²) in [7, 11) is 0. The van der Waals surface area contributed by atoms with E-state index in [9.17, 15) is 14.0 Å². The molecule has 0 bridgehead atoms. The van der Waals surface area contributed by atoms with Gasteiger partial charge in [-0.15, -0.1) is 0 Å². The first kappa shape index (κ1) is 19.7. The number of likely N-dealkylation sites (N-methyl/N-ethyl adjacent to an activating group) is 1. The number of benzene rings is 2. The molecule has 3 aromatic rings. The number of nitrogens with one attached hydrogen (secondary N) is 2. The number of anilines is 1. The minimum absolute atomic E-state index is 0.149. The molecule has 1 aromatic heterocycles. The quantitative estimate of drug-likeness (QED) is 0.686. The van der Waals surface area contributed by atoms with Crippen molar-refractivity contribution in [2.45, 2.75) is 33.4 Å². The van der Waals surface area contributed by atoms with Crippen molar-refractivity contribution in [3.05, 3.63) is 70.0 Å². The first-order chi connectivity index (χ1) is 13.4. The summed E-state index contributed by atoms with van der Waals surface area (Å²) in [5.41, 5.74) is 1.33. The second-order valence-electron chi connectivity index (χ2n) is 6.74. The van der Waals surface area contributed by atoms with E-state index in [-0.39, 0.29) is 17.2 Å². The normalized spacial score (nSPS) is 12.3. The fourth-order valence-corrected chi connectivity index (χ4v) is 3.05. The molecular weight excluding hydrogens is 359 g/mol. The van der Waals surface area contributed by atoms with Crippen LogP contribution >= 0.6 is 0 Å². The lowest BCUT2D eigenvalue weighted by molar-refractivity contribution is -0.120. The maximum atomic E-state index is 14.0. The molecule has 146 valence electrons. The van der Waals surface area contributed by atoms with Crippen molar-refractivity contribution < 1.29 is 9.18 Å². The van der Waals surface area contributed by atoms with Gasteiger partial charge in [-0.25, -0.2) is 9.37 Å². The first-order valence-corrected chi connectivity index (χ1v) is 9.18. The molecule has 0 radical (unpaired) electrons. The van der Waals surface area contributed by atoms with Crippen LogP contribution < -0.4 is 10.9 Å². The molecule has 1 unspecified atom stereocenters. The third-order valence-electron chi connectivity index (χ3n) is 4.73. The van der Waals surface area contributed by atoms with Gasteiger partial charge in [0.25, 0.3) is 5.56 Å². The largest absolute Gasteiger partial charge is 0.322 e. The van der Waals surface area contributed by atoms with Crippen molar-refractivity contribution in [3.8, 4) is 0 Å². The molecule has 0 saturated heterocycles. The third kappa shape index (κ3) is 4.26. The number of carbonyl (C=O) groups is 1. The van der Waals surface area contributed by atoms with Crippen LogP contribution in [0.25, 0.3) is 10.9 Å². The smallest absolute Gasteiger partial charge is 0.258 e. The summed E-state index contributed by atoms with van der Waals surface area (Å²) in [5, 5.41) is 3.15. The van der Waals surface area contributed by atoms with Gasteiger partial charge in [-0.05, 0) is 50.2 Å². The summed E-state index contributed by atoms with van der Waals surface area (Å²) in [6, 6.07) is 11.2. The van der Waals surface area contributed by atoms with Crippen molar-refractivity contribution in [2.24, 2.45) is 0 Å². The zero-order valence-electron chi connectivity index (χ0n) is 16.1. The van der Waals surface area contributed by atoms with Crippen LogP contribution in [-0.4, -0.2) is 33.4 Å². The van der Waals surface area contributed by atoms with Gasteiger partial charge < -0.3 is 10.3 Å². The molecule has 6 nitrogen and oxygen atoms in total.